The molecular formula is C56H102O2S2Sn2. The van der Waals surface area contributed by atoms with E-state index in [0.717, 1.165) is 26.1 Å². The predicted octanol–water partition coefficient (Wildman–Crippen LogP) is 20.0. The van der Waals surface area contributed by atoms with Gasteiger partial charge in [0.1, 0.15) is 0 Å². The fraction of sp³-hybridized carbons (Fsp3) is 0.821. The number of unbranched alkanes of at least 4 members (excludes halogenated alkanes) is 34. The van der Waals surface area contributed by atoms with E-state index in [0.29, 0.717) is 0 Å². The van der Waals surface area contributed by atoms with E-state index in [1.165, 1.54) is 250 Å². The number of thiophene rings is 2. The number of hydrogen-bond acceptors (Lipinski definition) is 4. The van der Waals surface area contributed by atoms with Crippen LogP contribution in [0.3, 0.4) is 0 Å². The molecular weight excluding hydrogens is 1010 g/mol. The van der Waals surface area contributed by atoms with Crippen LogP contribution in [0.2, 0.25) is 29.6 Å². The van der Waals surface area contributed by atoms with Crippen LogP contribution in [0.15, 0.2) is 12.1 Å². The van der Waals surface area contributed by atoms with Crippen LogP contribution in [0.25, 0.3) is 20.2 Å². The summed E-state index contributed by atoms with van der Waals surface area (Å²) in [6.45, 7) is 6.28. The quantitative estimate of drug-likeness (QED) is 0.0416. The van der Waals surface area contributed by atoms with Gasteiger partial charge in [-0.05, 0) is 0 Å². The van der Waals surface area contributed by atoms with Gasteiger partial charge in [-0.3, -0.25) is 0 Å². The SMILES string of the molecule is CCCCCCCCCCCCCCCCCCCCOc1c2c[c]([Sn]([CH3])([CH3])[CH3])sc2c(OCCCCCCCCCCCCCCCCCCCC)c2c[c]([Sn]([CH3])([CH3])[CH3])sc12. The fourth-order valence-electron chi connectivity index (χ4n) is 9.08. The molecule has 2 nitrogen and oxygen atoms in total. The van der Waals surface area contributed by atoms with E-state index < -0.39 is 36.8 Å². The van der Waals surface area contributed by atoms with Crippen molar-refractivity contribution in [2.75, 3.05) is 13.2 Å². The van der Waals surface area contributed by atoms with E-state index >= 15 is 0 Å². The van der Waals surface area contributed by atoms with Crippen molar-refractivity contribution in [3.05, 3.63) is 12.1 Å². The van der Waals surface area contributed by atoms with E-state index in [9.17, 15) is 0 Å². The normalized spacial score (nSPS) is 12.4. The second-order valence-corrected chi connectivity index (χ2v) is 54.5. The molecule has 0 amide bonds. The molecule has 3 aromatic rings. The molecule has 2 heterocycles. The molecule has 62 heavy (non-hydrogen) atoms. The molecule has 0 radical (unpaired) electrons. The minimum atomic E-state index is -2.31. The van der Waals surface area contributed by atoms with Crippen LogP contribution in [0.4, 0.5) is 0 Å². The minimum absolute atomic E-state index is 0.832. The molecule has 0 N–H and O–H groups in total. The van der Waals surface area contributed by atoms with E-state index in [1.54, 1.807) is 5.79 Å². The molecule has 1 aromatic carbocycles. The van der Waals surface area contributed by atoms with Crippen LogP contribution < -0.4 is 15.3 Å². The summed E-state index contributed by atoms with van der Waals surface area (Å²) in [5.74, 6) is 2.35. The standard InChI is InChI=1S/C50H84O2S2.6CH3.2Sn/c1-3-5-7-9-11-13-15-17-19-21-23-25-27-29-31-33-35-37-41-51-47-45-39-43-54-50(45)48(46-40-44-53-49(46)47)52-42-38-36-34-32-30-28-26-24-22-20-18-16-14-12-10-8-6-4-2;;;;;;;;/h39-40H,3-38,41-42H2,1-2H3;6*1H3;;. The zero-order valence-electron chi connectivity index (χ0n) is 42.7. The Morgan fingerprint density at radius 2 is 0.532 bits per heavy atom. The number of rotatable bonds is 42. The maximum atomic E-state index is 6.92. The summed E-state index contributed by atoms with van der Waals surface area (Å²) in [4.78, 5) is 15.4. The molecule has 0 saturated heterocycles. The van der Waals surface area contributed by atoms with Gasteiger partial charge >= 0.3 is 238 Å². The van der Waals surface area contributed by atoms with Gasteiger partial charge in [-0.15, -0.1) is 0 Å². The molecule has 0 aliphatic heterocycles. The molecule has 0 aliphatic carbocycles. The van der Waals surface area contributed by atoms with E-state index in [4.69, 9.17) is 9.47 Å². The van der Waals surface area contributed by atoms with Gasteiger partial charge in [0.15, 0.2) is 0 Å². The fourth-order valence-corrected chi connectivity index (χ4v) is 21.8. The summed E-state index contributed by atoms with van der Waals surface area (Å²) < 4.78 is 19.8. The summed E-state index contributed by atoms with van der Waals surface area (Å²) in [6.07, 6.45) is 50.7. The van der Waals surface area contributed by atoms with Gasteiger partial charge in [-0.2, -0.15) is 0 Å². The molecule has 0 saturated carbocycles. The van der Waals surface area contributed by atoms with Gasteiger partial charge in [-0.25, -0.2) is 0 Å². The van der Waals surface area contributed by atoms with E-state index in [-0.39, 0.29) is 0 Å². The van der Waals surface area contributed by atoms with Gasteiger partial charge in [0.2, 0.25) is 0 Å². The van der Waals surface area contributed by atoms with Gasteiger partial charge < -0.3 is 0 Å². The Kier molecular flexibility index (Phi) is 31.6. The number of fused-ring (bicyclic) bond motifs is 2. The number of benzene rings is 1. The van der Waals surface area contributed by atoms with Crippen LogP contribution in [0.5, 0.6) is 11.5 Å². The first kappa shape index (κ1) is 56.7. The van der Waals surface area contributed by atoms with E-state index in [1.807, 2.05) is 22.7 Å². The average molecular weight is 1110 g/mol. The first-order valence-corrected chi connectivity index (χ1v) is 49.0. The van der Waals surface area contributed by atoms with E-state index in [2.05, 4.69) is 55.6 Å². The summed E-state index contributed by atoms with van der Waals surface area (Å²) in [5.41, 5.74) is 0. The first-order chi connectivity index (χ1) is 30.1. The van der Waals surface area contributed by atoms with Crippen LogP contribution in [-0.4, -0.2) is 50.0 Å². The van der Waals surface area contributed by atoms with Gasteiger partial charge in [0.05, 0.1) is 0 Å². The van der Waals surface area contributed by atoms with Crippen LogP contribution in [0, 0.1) is 0 Å². The van der Waals surface area contributed by atoms with Crippen molar-refractivity contribution >= 4 is 85.4 Å². The summed E-state index contributed by atoms with van der Waals surface area (Å²) in [5, 5.41) is 2.69. The zero-order valence-corrected chi connectivity index (χ0v) is 50.0. The average Bonchev–Trinajstić information content (AvgIpc) is 3.90. The second-order valence-electron chi connectivity index (χ2n) is 21.6. The summed E-state index contributed by atoms with van der Waals surface area (Å²) in [7, 11) is 0. The topological polar surface area (TPSA) is 18.5 Å². The molecule has 2 aromatic heterocycles. The Morgan fingerprint density at radius 3 is 0.742 bits per heavy atom. The van der Waals surface area contributed by atoms with Gasteiger partial charge in [0, 0.05) is 0 Å². The Hall–Kier alpha value is 0.337. The Bertz CT molecular complexity index is 1360. The van der Waals surface area contributed by atoms with Crippen LogP contribution in [-0.2, 0) is 0 Å². The molecule has 0 bridgehead atoms. The van der Waals surface area contributed by atoms with Gasteiger partial charge in [-0.1, -0.05) is 168 Å². The third-order valence-corrected chi connectivity index (χ3v) is 34.5. The Morgan fingerprint density at radius 1 is 0.323 bits per heavy atom. The van der Waals surface area contributed by atoms with Crippen molar-refractivity contribution in [2.24, 2.45) is 0 Å². The van der Waals surface area contributed by atoms with Crippen LogP contribution >= 0.6 is 22.7 Å². The second kappa shape index (κ2) is 34.6. The third-order valence-electron chi connectivity index (χ3n) is 13.3. The molecule has 0 unspecified atom stereocenters. The molecule has 0 spiro atoms. The first-order valence-electron chi connectivity index (χ1n) is 27.4. The van der Waals surface area contributed by atoms with Crippen LogP contribution in [0.1, 0.15) is 245 Å². The Labute approximate surface area is 402 Å². The molecule has 6 heteroatoms. The summed E-state index contributed by atoms with van der Waals surface area (Å²) in [6, 6.07) is 5.09. The zero-order chi connectivity index (χ0) is 44.7. The molecule has 0 atom stereocenters. The van der Waals surface area contributed by atoms with Crippen molar-refractivity contribution in [3.63, 3.8) is 0 Å². The summed E-state index contributed by atoms with van der Waals surface area (Å²) >= 11 is -0.539. The monoisotopic (exact) mass is 1110 g/mol. The molecule has 358 valence electrons. The molecule has 0 fully saturated rings. The van der Waals surface area contributed by atoms with Crippen molar-refractivity contribution in [1.29, 1.82) is 0 Å². The van der Waals surface area contributed by atoms with Crippen molar-refractivity contribution < 1.29 is 9.47 Å². The molecule has 0 aliphatic rings. The number of ether oxygens (including phenoxy) is 2. The third kappa shape index (κ3) is 23.9. The number of hydrogen-bond donors (Lipinski definition) is 0. The van der Waals surface area contributed by atoms with Crippen molar-refractivity contribution in [1.82, 2.24) is 0 Å². The van der Waals surface area contributed by atoms with Crippen molar-refractivity contribution in [2.45, 2.75) is 275 Å². The molecule has 3 rings (SSSR count). The maximum absolute atomic E-state index is 6.92. The van der Waals surface area contributed by atoms with Gasteiger partial charge in [0.25, 0.3) is 0 Å². The predicted molar refractivity (Wildman–Crippen MR) is 292 cm³/mol. The Balaban J connectivity index is 1.39. The van der Waals surface area contributed by atoms with Crippen molar-refractivity contribution in [3.8, 4) is 11.5 Å².